The molecule has 4 heteroatoms. The first-order valence-corrected chi connectivity index (χ1v) is 7.17. The van der Waals surface area contributed by atoms with Gasteiger partial charge in [-0.3, -0.25) is 0 Å². The summed E-state index contributed by atoms with van der Waals surface area (Å²) in [4.78, 5) is 2.13. The van der Waals surface area contributed by atoms with Gasteiger partial charge in [0.25, 0.3) is 0 Å². The molecule has 1 aromatic carbocycles. The van der Waals surface area contributed by atoms with Gasteiger partial charge in [-0.1, -0.05) is 0 Å². The summed E-state index contributed by atoms with van der Waals surface area (Å²) < 4.78 is 19.7. The van der Waals surface area contributed by atoms with Crippen LogP contribution in [-0.2, 0) is 4.74 Å². The van der Waals surface area contributed by atoms with Crippen LogP contribution in [0.15, 0.2) is 18.2 Å². The maximum atomic E-state index is 14.2. The normalized spacial score (nSPS) is 26.9. The predicted molar refractivity (Wildman–Crippen MR) is 75.3 cm³/mol. The summed E-state index contributed by atoms with van der Waals surface area (Å²) in [5, 5.41) is 3.37. The lowest BCUT2D eigenvalue weighted by Crippen LogP contribution is -2.26. The van der Waals surface area contributed by atoms with Crippen molar-refractivity contribution in [2.45, 2.75) is 38.3 Å². The summed E-state index contributed by atoms with van der Waals surface area (Å²) in [7, 11) is 0. The highest BCUT2D eigenvalue weighted by Crippen LogP contribution is 2.27. The zero-order chi connectivity index (χ0) is 13.2. The predicted octanol–water partition coefficient (Wildman–Crippen LogP) is 3.02. The molecule has 0 bridgehead atoms. The van der Waals surface area contributed by atoms with Gasteiger partial charge in [-0.2, -0.15) is 0 Å². The van der Waals surface area contributed by atoms with Crippen molar-refractivity contribution in [1.29, 1.82) is 0 Å². The summed E-state index contributed by atoms with van der Waals surface area (Å²) >= 11 is 0. The van der Waals surface area contributed by atoms with Gasteiger partial charge in [0.2, 0.25) is 0 Å². The Morgan fingerprint density at radius 3 is 2.74 bits per heavy atom. The van der Waals surface area contributed by atoms with Crippen LogP contribution in [0.4, 0.5) is 15.8 Å². The number of benzene rings is 1. The number of anilines is 2. The Kier molecular flexibility index (Phi) is 3.60. The number of hydrogen-bond acceptors (Lipinski definition) is 3. The zero-order valence-corrected chi connectivity index (χ0v) is 11.4. The molecule has 104 valence electrons. The molecule has 0 amide bonds. The summed E-state index contributed by atoms with van der Waals surface area (Å²) in [5.74, 6) is -0.126. The Labute approximate surface area is 113 Å². The zero-order valence-electron chi connectivity index (χ0n) is 11.4. The lowest BCUT2D eigenvalue weighted by molar-refractivity contribution is 0.121. The van der Waals surface area contributed by atoms with Crippen LogP contribution in [0.25, 0.3) is 0 Å². The van der Waals surface area contributed by atoms with E-state index in [1.54, 1.807) is 6.07 Å². The van der Waals surface area contributed by atoms with Crippen LogP contribution in [0, 0.1) is 5.82 Å². The third-order valence-electron chi connectivity index (χ3n) is 4.12. The lowest BCUT2D eigenvalue weighted by atomic mass is 10.1. The Balaban J connectivity index is 1.71. The third kappa shape index (κ3) is 2.68. The Morgan fingerprint density at radius 1 is 1.32 bits per heavy atom. The SMILES string of the molecule is CC1OCCC1Nc1ccc(N2CCCC2)c(F)c1. The van der Waals surface area contributed by atoms with Crippen LogP contribution >= 0.6 is 0 Å². The molecule has 2 saturated heterocycles. The molecule has 0 aromatic heterocycles. The minimum atomic E-state index is -0.126. The van der Waals surface area contributed by atoms with Crippen molar-refractivity contribution >= 4 is 11.4 Å². The molecular weight excluding hydrogens is 243 g/mol. The fourth-order valence-corrected chi connectivity index (χ4v) is 2.95. The molecule has 2 aliphatic heterocycles. The fourth-order valence-electron chi connectivity index (χ4n) is 2.95. The van der Waals surface area contributed by atoms with Gasteiger partial charge < -0.3 is 15.0 Å². The molecule has 2 aliphatic rings. The summed E-state index contributed by atoms with van der Waals surface area (Å²) in [6.45, 7) is 4.78. The first kappa shape index (κ1) is 12.7. The van der Waals surface area contributed by atoms with Gasteiger partial charge in [0, 0.05) is 25.4 Å². The van der Waals surface area contributed by atoms with Gasteiger partial charge in [0.1, 0.15) is 5.82 Å². The average molecular weight is 264 g/mol. The third-order valence-corrected chi connectivity index (χ3v) is 4.12. The van der Waals surface area contributed by atoms with Crippen LogP contribution in [0.3, 0.4) is 0 Å². The highest BCUT2D eigenvalue weighted by atomic mass is 19.1. The van der Waals surface area contributed by atoms with Gasteiger partial charge in [0.05, 0.1) is 17.8 Å². The Bertz CT molecular complexity index is 446. The molecule has 2 heterocycles. The lowest BCUT2D eigenvalue weighted by Gasteiger charge is -2.21. The van der Waals surface area contributed by atoms with Crippen molar-refractivity contribution in [3.05, 3.63) is 24.0 Å². The van der Waals surface area contributed by atoms with E-state index < -0.39 is 0 Å². The van der Waals surface area contributed by atoms with E-state index in [-0.39, 0.29) is 18.0 Å². The van der Waals surface area contributed by atoms with E-state index in [2.05, 4.69) is 17.1 Å². The van der Waals surface area contributed by atoms with E-state index in [4.69, 9.17) is 4.74 Å². The number of ether oxygens (including phenoxy) is 1. The van der Waals surface area contributed by atoms with Crippen molar-refractivity contribution in [1.82, 2.24) is 0 Å². The van der Waals surface area contributed by atoms with Gasteiger partial charge in [0.15, 0.2) is 0 Å². The summed E-state index contributed by atoms with van der Waals surface area (Å²) in [6.07, 6.45) is 3.50. The standard InChI is InChI=1S/C15H21FN2O/c1-11-14(6-9-19-11)17-12-4-5-15(13(16)10-12)18-7-2-3-8-18/h4-5,10-11,14,17H,2-3,6-9H2,1H3. The molecule has 3 nitrogen and oxygen atoms in total. The van der Waals surface area contributed by atoms with Crippen molar-refractivity contribution in [2.75, 3.05) is 29.9 Å². The van der Waals surface area contributed by atoms with E-state index in [1.165, 1.54) is 0 Å². The largest absolute Gasteiger partial charge is 0.380 e. The molecule has 0 saturated carbocycles. The molecule has 0 aliphatic carbocycles. The first-order chi connectivity index (χ1) is 9.24. The second kappa shape index (κ2) is 5.37. The van der Waals surface area contributed by atoms with Crippen LogP contribution in [0.1, 0.15) is 26.2 Å². The van der Waals surface area contributed by atoms with E-state index in [0.717, 1.165) is 50.3 Å². The van der Waals surface area contributed by atoms with Gasteiger partial charge >= 0.3 is 0 Å². The van der Waals surface area contributed by atoms with Crippen molar-refractivity contribution in [3.63, 3.8) is 0 Å². The quantitative estimate of drug-likeness (QED) is 0.908. The van der Waals surface area contributed by atoms with Crippen LogP contribution < -0.4 is 10.2 Å². The number of halogens is 1. The molecule has 1 aromatic rings. The minimum Gasteiger partial charge on any atom is -0.380 e. The maximum absolute atomic E-state index is 14.2. The van der Waals surface area contributed by atoms with E-state index in [0.29, 0.717) is 0 Å². The second-order valence-corrected chi connectivity index (χ2v) is 5.48. The highest BCUT2D eigenvalue weighted by molar-refractivity contribution is 5.57. The number of hydrogen-bond donors (Lipinski definition) is 1. The molecule has 0 radical (unpaired) electrons. The van der Waals surface area contributed by atoms with E-state index in [9.17, 15) is 4.39 Å². The molecule has 19 heavy (non-hydrogen) atoms. The van der Waals surface area contributed by atoms with E-state index in [1.807, 2.05) is 12.1 Å². The number of nitrogens with zero attached hydrogens (tertiary/aromatic N) is 1. The minimum absolute atomic E-state index is 0.126. The van der Waals surface area contributed by atoms with Crippen LogP contribution in [0.2, 0.25) is 0 Å². The van der Waals surface area contributed by atoms with Crippen LogP contribution in [0.5, 0.6) is 0 Å². The van der Waals surface area contributed by atoms with Crippen LogP contribution in [-0.4, -0.2) is 31.8 Å². The molecule has 3 rings (SSSR count). The molecule has 2 atom stereocenters. The van der Waals surface area contributed by atoms with Gasteiger partial charge in [-0.15, -0.1) is 0 Å². The van der Waals surface area contributed by atoms with Crippen molar-refractivity contribution in [2.24, 2.45) is 0 Å². The number of nitrogens with one attached hydrogen (secondary N) is 1. The van der Waals surface area contributed by atoms with Gasteiger partial charge in [-0.25, -0.2) is 4.39 Å². The maximum Gasteiger partial charge on any atom is 0.148 e. The van der Waals surface area contributed by atoms with Gasteiger partial charge in [-0.05, 0) is 44.4 Å². The first-order valence-electron chi connectivity index (χ1n) is 7.17. The fraction of sp³-hybridized carbons (Fsp3) is 0.600. The average Bonchev–Trinajstić information content (AvgIpc) is 3.02. The van der Waals surface area contributed by atoms with Crippen molar-refractivity contribution in [3.8, 4) is 0 Å². The molecule has 2 unspecified atom stereocenters. The smallest absolute Gasteiger partial charge is 0.148 e. The van der Waals surface area contributed by atoms with Crippen molar-refractivity contribution < 1.29 is 9.13 Å². The summed E-state index contributed by atoms with van der Waals surface area (Å²) in [6, 6.07) is 5.77. The van der Waals surface area contributed by atoms with E-state index >= 15 is 0 Å². The highest BCUT2D eigenvalue weighted by Gasteiger charge is 2.24. The molecule has 1 N–H and O–H groups in total. The number of rotatable bonds is 3. The molecule has 2 fully saturated rings. The second-order valence-electron chi connectivity index (χ2n) is 5.48. The summed E-state index contributed by atoms with van der Waals surface area (Å²) in [5.41, 5.74) is 1.58. The Morgan fingerprint density at radius 2 is 2.11 bits per heavy atom. The topological polar surface area (TPSA) is 24.5 Å². The monoisotopic (exact) mass is 264 g/mol. The molecule has 0 spiro atoms. The Hall–Kier alpha value is -1.29. The molecular formula is C15H21FN2O.